The number of hydrogen-bond acceptors (Lipinski definition) is 3. The highest BCUT2D eigenvalue weighted by Crippen LogP contribution is 2.22. The molecule has 0 saturated carbocycles. The third-order valence-corrected chi connectivity index (χ3v) is 3.85. The second-order valence-electron chi connectivity index (χ2n) is 4.24. The molecule has 0 fully saturated rings. The monoisotopic (exact) mass is 283 g/mol. The summed E-state index contributed by atoms with van der Waals surface area (Å²) in [6.45, 7) is 5.10. The zero-order valence-electron chi connectivity index (χ0n) is 10.5. The first-order valence-electron chi connectivity index (χ1n) is 6.23. The lowest BCUT2D eigenvalue weighted by molar-refractivity contribution is 0.666. The van der Waals surface area contributed by atoms with Gasteiger partial charge in [0.05, 0.1) is 22.9 Å². The summed E-state index contributed by atoms with van der Waals surface area (Å²) >= 11 is 7.54. The molecule has 0 atom stereocenters. The van der Waals surface area contributed by atoms with Crippen LogP contribution in [0.4, 0.5) is 0 Å². The van der Waals surface area contributed by atoms with Gasteiger partial charge in [-0.2, -0.15) is 0 Å². The van der Waals surface area contributed by atoms with E-state index in [-0.39, 0.29) is 0 Å². The minimum Gasteiger partial charge on any atom is -0.332 e. The van der Waals surface area contributed by atoms with Gasteiger partial charge in [0, 0.05) is 24.0 Å². The number of imidazole rings is 1. The van der Waals surface area contributed by atoms with Crippen LogP contribution < -0.4 is 5.32 Å². The Balaban J connectivity index is 1.82. The standard InChI is InChI=1S/C13H18ClN3S/c1-2-6-15-7-5-11-8-17(10-16-11)9-12-3-4-13(14)18-12/h3-4,8,10,15H,2,5-7,9H2,1H3. The van der Waals surface area contributed by atoms with Gasteiger partial charge in [-0.15, -0.1) is 11.3 Å². The molecule has 18 heavy (non-hydrogen) atoms. The highest BCUT2D eigenvalue weighted by Gasteiger charge is 2.02. The van der Waals surface area contributed by atoms with E-state index in [1.54, 1.807) is 11.3 Å². The van der Waals surface area contributed by atoms with Crippen molar-refractivity contribution in [3.63, 3.8) is 0 Å². The molecule has 5 heteroatoms. The van der Waals surface area contributed by atoms with Gasteiger partial charge in [-0.3, -0.25) is 0 Å². The van der Waals surface area contributed by atoms with E-state index in [1.165, 1.54) is 11.3 Å². The average molecular weight is 284 g/mol. The molecule has 0 spiro atoms. The number of halogens is 1. The highest BCUT2D eigenvalue weighted by atomic mass is 35.5. The highest BCUT2D eigenvalue weighted by molar-refractivity contribution is 7.16. The van der Waals surface area contributed by atoms with Crippen LogP contribution in [0.25, 0.3) is 0 Å². The van der Waals surface area contributed by atoms with Gasteiger partial charge < -0.3 is 9.88 Å². The smallest absolute Gasteiger partial charge is 0.0952 e. The van der Waals surface area contributed by atoms with Crippen LogP contribution in [0.15, 0.2) is 24.7 Å². The third-order valence-electron chi connectivity index (χ3n) is 2.64. The Morgan fingerprint density at radius 2 is 2.28 bits per heavy atom. The Morgan fingerprint density at radius 1 is 1.39 bits per heavy atom. The molecule has 0 amide bonds. The van der Waals surface area contributed by atoms with Crippen molar-refractivity contribution >= 4 is 22.9 Å². The Labute approximate surface area is 117 Å². The molecule has 2 rings (SSSR count). The van der Waals surface area contributed by atoms with E-state index in [0.29, 0.717) is 0 Å². The van der Waals surface area contributed by atoms with Crippen molar-refractivity contribution in [2.75, 3.05) is 13.1 Å². The summed E-state index contributed by atoms with van der Waals surface area (Å²) in [4.78, 5) is 5.67. The average Bonchev–Trinajstić information content (AvgIpc) is 2.95. The van der Waals surface area contributed by atoms with E-state index in [1.807, 2.05) is 12.4 Å². The fourth-order valence-corrected chi connectivity index (χ4v) is 2.85. The number of hydrogen-bond donors (Lipinski definition) is 1. The second-order valence-corrected chi connectivity index (χ2v) is 6.04. The van der Waals surface area contributed by atoms with Crippen LogP contribution in [0.3, 0.4) is 0 Å². The summed E-state index contributed by atoms with van der Waals surface area (Å²) in [5.74, 6) is 0. The predicted octanol–water partition coefficient (Wildman–Crippen LogP) is 3.19. The van der Waals surface area contributed by atoms with Crippen LogP contribution in [-0.4, -0.2) is 22.6 Å². The zero-order chi connectivity index (χ0) is 12.8. The normalized spacial score (nSPS) is 11.0. The van der Waals surface area contributed by atoms with Crippen molar-refractivity contribution in [3.05, 3.63) is 39.6 Å². The Morgan fingerprint density at radius 3 is 3.00 bits per heavy atom. The van der Waals surface area contributed by atoms with Gasteiger partial charge in [-0.05, 0) is 25.1 Å². The quantitative estimate of drug-likeness (QED) is 0.791. The van der Waals surface area contributed by atoms with Gasteiger partial charge in [0.1, 0.15) is 0 Å². The van der Waals surface area contributed by atoms with E-state index < -0.39 is 0 Å². The lowest BCUT2D eigenvalue weighted by Crippen LogP contribution is -2.17. The van der Waals surface area contributed by atoms with Gasteiger partial charge in [-0.25, -0.2) is 4.98 Å². The van der Waals surface area contributed by atoms with Crippen LogP contribution in [0.1, 0.15) is 23.9 Å². The third kappa shape index (κ3) is 4.12. The SMILES string of the molecule is CCCNCCc1cn(Cc2ccc(Cl)s2)cn1. The van der Waals surface area contributed by atoms with Crippen LogP contribution in [0.5, 0.6) is 0 Å². The van der Waals surface area contributed by atoms with Gasteiger partial charge in [0.15, 0.2) is 0 Å². The molecule has 0 radical (unpaired) electrons. The minimum atomic E-state index is 0.842. The number of thiophene rings is 1. The lowest BCUT2D eigenvalue weighted by atomic mass is 10.3. The summed E-state index contributed by atoms with van der Waals surface area (Å²) in [6, 6.07) is 4.00. The van der Waals surface area contributed by atoms with Gasteiger partial charge in [0.25, 0.3) is 0 Å². The van der Waals surface area contributed by atoms with Crippen molar-refractivity contribution < 1.29 is 0 Å². The first-order valence-corrected chi connectivity index (χ1v) is 7.43. The van der Waals surface area contributed by atoms with E-state index in [0.717, 1.165) is 36.1 Å². The fraction of sp³-hybridized carbons (Fsp3) is 0.462. The van der Waals surface area contributed by atoms with Crippen LogP contribution in [-0.2, 0) is 13.0 Å². The maximum atomic E-state index is 5.92. The summed E-state index contributed by atoms with van der Waals surface area (Å²) in [5, 5.41) is 3.38. The topological polar surface area (TPSA) is 29.9 Å². The van der Waals surface area contributed by atoms with Crippen LogP contribution in [0, 0.1) is 0 Å². The summed E-state index contributed by atoms with van der Waals surface area (Å²) in [6.07, 6.45) is 6.16. The largest absolute Gasteiger partial charge is 0.332 e. The van der Waals surface area contributed by atoms with Crippen molar-refractivity contribution in [1.29, 1.82) is 0 Å². The summed E-state index contributed by atoms with van der Waals surface area (Å²) in [5.41, 5.74) is 1.14. The van der Waals surface area contributed by atoms with Gasteiger partial charge in [0.2, 0.25) is 0 Å². The molecular weight excluding hydrogens is 266 g/mol. The fourth-order valence-electron chi connectivity index (χ4n) is 1.76. The molecule has 0 saturated heterocycles. The molecule has 0 aliphatic rings. The Hall–Kier alpha value is -0.840. The lowest BCUT2D eigenvalue weighted by Gasteiger charge is -2.00. The summed E-state index contributed by atoms with van der Waals surface area (Å²) in [7, 11) is 0. The first kappa shape index (κ1) is 13.6. The zero-order valence-corrected chi connectivity index (χ0v) is 12.1. The molecule has 0 aliphatic carbocycles. The number of nitrogens with one attached hydrogen (secondary N) is 1. The maximum absolute atomic E-state index is 5.92. The van der Waals surface area contributed by atoms with Crippen LogP contribution >= 0.6 is 22.9 Å². The number of rotatable bonds is 7. The minimum absolute atomic E-state index is 0.842. The molecule has 0 unspecified atom stereocenters. The van der Waals surface area contributed by atoms with E-state index >= 15 is 0 Å². The van der Waals surface area contributed by atoms with Gasteiger partial charge in [-0.1, -0.05) is 18.5 Å². The number of nitrogens with zero attached hydrogens (tertiary/aromatic N) is 2. The van der Waals surface area contributed by atoms with Crippen molar-refractivity contribution in [3.8, 4) is 0 Å². The molecule has 2 aromatic heterocycles. The van der Waals surface area contributed by atoms with E-state index in [9.17, 15) is 0 Å². The van der Waals surface area contributed by atoms with Crippen molar-refractivity contribution in [2.24, 2.45) is 0 Å². The summed E-state index contributed by atoms with van der Waals surface area (Å²) < 4.78 is 2.95. The number of aromatic nitrogens is 2. The Bertz CT molecular complexity index is 478. The van der Waals surface area contributed by atoms with E-state index in [4.69, 9.17) is 11.6 Å². The molecule has 0 aromatic carbocycles. The molecular formula is C13H18ClN3S. The molecule has 3 nitrogen and oxygen atoms in total. The molecule has 98 valence electrons. The molecule has 2 heterocycles. The maximum Gasteiger partial charge on any atom is 0.0952 e. The molecule has 0 aliphatic heterocycles. The molecule has 2 aromatic rings. The van der Waals surface area contributed by atoms with Crippen molar-refractivity contribution in [1.82, 2.24) is 14.9 Å². The Kier molecular flexibility index (Phi) is 5.23. The van der Waals surface area contributed by atoms with Gasteiger partial charge >= 0.3 is 0 Å². The van der Waals surface area contributed by atoms with Crippen LogP contribution in [0.2, 0.25) is 4.34 Å². The molecule has 1 N–H and O–H groups in total. The first-order chi connectivity index (χ1) is 8.78. The van der Waals surface area contributed by atoms with Crippen molar-refractivity contribution in [2.45, 2.75) is 26.3 Å². The van der Waals surface area contributed by atoms with E-state index in [2.05, 4.69) is 34.1 Å². The predicted molar refractivity (Wildman–Crippen MR) is 77.5 cm³/mol. The second kappa shape index (κ2) is 6.92. The molecule has 0 bridgehead atoms.